The Kier molecular flexibility index (Phi) is 5.38. The van der Waals surface area contributed by atoms with Crippen molar-refractivity contribution in [3.63, 3.8) is 0 Å². The molecule has 1 rings (SSSR count). The third kappa shape index (κ3) is 4.58. The van der Waals surface area contributed by atoms with Crippen LogP contribution in [0.2, 0.25) is 5.15 Å². The Labute approximate surface area is 110 Å². The number of aromatic nitrogens is 1. The van der Waals surface area contributed by atoms with Gasteiger partial charge in [-0.3, -0.25) is 10.1 Å². The molecule has 1 heterocycles. The second kappa shape index (κ2) is 6.80. The second-order valence-corrected chi connectivity index (χ2v) is 4.06. The van der Waals surface area contributed by atoms with Gasteiger partial charge in [-0.2, -0.15) is 0 Å². The Morgan fingerprint density at radius 2 is 2.39 bits per heavy atom. The van der Waals surface area contributed by atoms with Gasteiger partial charge in [-0.15, -0.1) is 0 Å². The molecular formula is C11H15ClN4O2. The minimum absolute atomic E-state index is 0.425. The van der Waals surface area contributed by atoms with Crippen molar-refractivity contribution in [2.24, 2.45) is 0 Å². The van der Waals surface area contributed by atoms with Crippen LogP contribution < -0.4 is 5.32 Å². The van der Waals surface area contributed by atoms with E-state index in [4.69, 9.17) is 11.6 Å². The monoisotopic (exact) mass is 270 g/mol. The van der Waals surface area contributed by atoms with Gasteiger partial charge in [0, 0.05) is 26.3 Å². The normalized spacial score (nSPS) is 11.2. The molecule has 0 aliphatic carbocycles. The highest BCUT2D eigenvalue weighted by Crippen LogP contribution is 2.09. The van der Waals surface area contributed by atoms with Crippen molar-refractivity contribution < 1.29 is 4.92 Å². The fourth-order valence-corrected chi connectivity index (χ4v) is 1.53. The zero-order valence-electron chi connectivity index (χ0n) is 10.3. The summed E-state index contributed by atoms with van der Waals surface area (Å²) in [4.78, 5) is 15.8. The summed E-state index contributed by atoms with van der Waals surface area (Å²) < 4.78 is 0. The number of nitrogens with zero attached hydrogens (tertiary/aromatic N) is 3. The standard InChI is InChI=1S/C11H15ClN4O2/c1-3-13-11(8-16(17)18)15(2)7-9-4-5-10(12)14-6-9/h4-6,8,13H,3,7H2,1-2H3/b11-8+. The van der Waals surface area contributed by atoms with Crippen molar-refractivity contribution in [1.82, 2.24) is 15.2 Å². The number of rotatable bonds is 6. The third-order valence-corrected chi connectivity index (χ3v) is 2.43. The van der Waals surface area contributed by atoms with Crippen LogP contribution in [-0.2, 0) is 6.54 Å². The van der Waals surface area contributed by atoms with Crippen LogP contribution in [0.15, 0.2) is 30.4 Å². The van der Waals surface area contributed by atoms with Gasteiger partial charge in [-0.05, 0) is 18.6 Å². The molecule has 1 N–H and O–H groups in total. The Hall–Kier alpha value is -1.82. The van der Waals surface area contributed by atoms with Crippen molar-refractivity contribution in [3.05, 3.63) is 51.2 Å². The average Bonchev–Trinajstić information content (AvgIpc) is 2.31. The lowest BCUT2D eigenvalue weighted by Crippen LogP contribution is -2.29. The molecule has 1 aromatic rings. The van der Waals surface area contributed by atoms with Gasteiger partial charge in [0.1, 0.15) is 5.15 Å². The number of nitro groups is 1. The lowest BCUT2D eigenvalue weighted by Gasteiger charge is -2.21. The van der Waals surface area contributed by atoms with E-state index in [1.165, 1.54) is 0 Å². The van der Waals surface area contributed by atoms with E-state index >= 15 is 0 Å². The highest BCUT2D eigenvalue weighted by atomic mass is 35.5. The third-order valence-electron chi connectivity index (χ3n) is 2.21. The van der Waals surface area contributed by atoms with Crippen molar-refractivity contribution in [2.45, 2.75) is 13.5 Å². The van der Waals surface area contributed by atoms with Crippen molar-refractivity contribution in [3.8, 4) is 0 Å². The van der Waals surface area contributed by atoms with E-state index in [0.717, 1.165) is 11.8 Å². The summed E-state index contributed by atoms with van der Waals surface area (Å²) >= 11 is 5.69. The molecule has 0 fully saturated rings. The van der Waals surface area contributed by atoms with Crippen molar-refractivity contribution in [2.75, 3.05) is 13.6 Å². The van der Waals surface area contributed by atoms with Crippen molar-refractivity contribution >= 4 is 11.6 Å². The lowest BCUT2D eigenvalue weighted by atomic mass is 10.3. The average molecular weight is 271 g/mol. The molecule has 0 aromatic carbocycles. The molecule has 18 heavy (non-hydrogen) atoms. The van der Waals surface area contributed by atoms with Crippen LogP contribution in [0, 0.1) is 10.1 Å². The topological polar surface area (TPSA) is 71.3 Å². The summed E-state index contributed by atoms with van der Waals surface area (Å²) in [6, 6.07) is 3.52. The van der Waals surface area contributed by atoms with Crippen LogP contribution >= 0.6 is 11.6 Å². The Balaban J connectivity index is 2.75. The SMILES string of the molecule is CCN/C(=C\[N+](=O)[O-])N(C)Cc1ccc(Cl)nc1. The number of pyridine rings is 1. The maximum atomic E-state index is 10.5. The molecular weight excluding hydrogens is 256 g/mol. The van der Waals surface area contributed by atoms with Crippen LogP contribution in [0.3, 0.4) is 0 Å². The van der Waals surface area contributed by atoms with Gasteiger partial charge in [0.15, 0.2) is 5.82 Å². The molecule has 1 aromatic heterocycles. The summed E-state index contributed by atoms with van der Waals surface area (Å²) in [6.45, 7) is 3.01. The quantitative estimate of drug-likeness (QED) is 0.485. The minimum Gasteiger partial charge on any atom is -0.367 e. The summed E-state index contributed by atoms with van der Waals surface area (Å²) in [5, 5.41) is 13.9. The van der Waals surface area contributed by atoms with Crippen molar-refractivity contribution in [1.29, 1.82) is 0 Å². The van der Waals surface area contributed by atoms with Crippen LogP contribution in [0.25, 0.3) is 0 Å². The van der Waals surface area contributed by atoms with Crippen LogP contribution in [0.1, 0.15) is 12.5 Å². The predicted molar refractivity (Wildman–Crippen MR) is 69.5 cm³/mol. The van der Waals surface area contributed by atoms with E-state index in [2.05, 4.69) is 10.3 Å². The molecule has 0 radical (unpaired) electrons. The molecule has 0 saturated heterocycles. The number of nitrogens with one attached hydrogen (secondary N) is 1. The second-order valence-electron chi connectivity index (χ2n) is 3.68. The van der Waals surface area contributed by atoms with E-state index in [1.54, 1.807) is 24.2 Å². The van der Waals surface area contributed by atoms with Gasteiger partial charge < -0.3 is 10.2 Å². The van der Waals surface area contributed by atoms with E-state index in [9.17, 15) is 10.1 Å². The van der Waals surface area contributed by atoms with E-state index < -0.39 is 4.92 Å². The first-order chi connectivity index (χ1) is 8.52. The largest absolute Gasteiger partial charge is 0.367 e. The zero-order chi connectivity index (χ0) is 13.5. The first kappa shape index (κ1) is 14.2. The maximum absolute atomic E-state index is 10.5. The molecule has 0 atom stereocenters. The van der Waals surface area contributed by atoms with E-state index in [1.807, 2.05) is 13.0 Å². The zero-order valence-corrected chi connectivity index (χ0v) is 11.0. The highest BCUT2D eigenvalue weighted by Gasteiger charge is 2.09. The Morgan fingerprint density at radius 1 is 1.67 bits per heavy atom. The predicted octanol–water partition coefficient (Wildman–Crippen LogP) is 1.85. The summed E-state index contributed by atoms with van der Waals surface area (Å²) in [5.41, 5.74) is 0.925. The number of hydrogen-bond acceptors (Lipinski definition) is 5. The maximum Gasteiger partial charge on any atom is 0.274 e. The molecule has 98 valence electrons. The molecule has 0 amide bonds. The molecule has 0 saturated carbocycles. The van der Waals surface area contributed by atoms with E-state index in [-0.39, 0.29) is 0 Å². The summed E-state index contributed by atoms with van der Waals surface area (Å²) in [6.07, 6.45) is 2.60. The summed E-state index contributed by atoms with van der Waals surface area (Å²) in [5.74, 6) is 0.456. The molecule has 0 spiro atoms. The Bertz CT molecular complexity index is 433. The fraction of sp³-hybridized carbons (Fsp3) is 0.364. The Morgan fingerprint density at radius 3 is 2.89 bits per heavy atom. The van der Waals surface area contributed by atoms with Gasteiger partial charge in [-0.1, -0.05) is 17.7 Å². The smallest absolute Gasteiger partial charge is 0.274 e. The summed E-state index contributed by atoms with van der Waals surface area (Å²) in [7, 11) is 1.77. The molecule has 0 aliphatic rings. The van der Waals surface area contributed by atoms with Gasteiger partial charge >= 0.3 is 0 Å². The van der Waals surface area contributed by atoms with Crippen LogP contribution in [-0.4, -0.2) is 28.4 Å². The molecule has 0 aliphatic heterocycles. The fourth-order valence-electron chi connectivity index (χ4n) is 1.42. The number of hydrogen-bond donors (Lipinski definition) is 1. The van der Waals surface area contributed by atoms with Gasteiger partial charge in [0.2, 0.25) is 0 Å². The number of halogens is 1. The molecule has 0 bridgehead atoms. The highest BCUT2D eigenvalue weighted by molar-refractivity contribution is 6.29. The van der Waals surface area contributed by atoms with Gasteiger partial charge in [-0.25, -0.2) is 4.98 Å². The van der Waals surface area contributed by atoms with Gasteiger partial charge in [0.05, 0.1) is 4.92 Å². The lowest BCUT2D eigenvalue weighted by molar-refractivity contribution is -0.404. The van der Waals surface area contributed by atoms with E-state index in [0.29, 0.717) is 24.1 Å². The first-order valence-corrected chi connectivity index (χ1v) is 5.81. The van der Waals surface area contributed by atoms with Crippen LogP contribution in [0.5, 0.6) is 0 Å². The molecule has 0 unspecified atom stereocenters. The minimum atomic E-state index is -0.478. The van der Waals surface area contributed by atoms with Gasteiger partial charge in [0.25, 0.3) is 6.20 Å². The molecule has 6 nitrogen and oxygen atoms in total. The first-order valence-electron chi connectivity index (χ1n) is 5.43. The van der Waals surface area contributed by atoms with Crippen LogP contribution in [0.4, 0.5) is 0 Å². The molecule has 7 heteroatoms.